The van der Waals surface area contributed by atoms with E-state index in [1.165, 1.54) is 12.1 Å². The van der Waals surface area contributed by atoms with Crippen molar-refractivity contribution in [3.63, 3.8) is 0 Å². The third-order valence-corrected chi connectivity index (χ3v) is 3.73. The van der Waals surface area contributed by atoms with Crippen molar-refractivity contribution in [1.82, 2.24) is 10.2 Å². The van der Waals surface area contributed by atoms with E-state index in [-0.39, 0.29) is 21.4 Å². The van der Waals surface area contributed by atoms with Gasteiger partial charge in [-0.3, -0.25) is 9.82 Å². The number of nitrogens with zero attached hydrogens (tertiary/aromatic N) is 1. The minimum atomic E-state index is -3.99. The Morgan fingerprint density at radius 3 is 2.72 bits per heavy atom. The molecule has 0 aliphatic carbocycles. The van der Waals surface area contributed by atoms with Gasteiger partial charge in [-0.2, -0.15) is 5.10 Å². The zero-order chi connectivity index (χ0) is 13.3. The molecule has 0 radical (unpaired) electrons. The van der Waals surface area contributed by atoms with Gasteiger partial charge in [-0.05, 0) is 18.2 Å². The van der Waals surface area contributed by atoms with E-state index in [9.17, 15) is 12.8 Å². The van der Waals surface area contributed by atoms with Gasteiger partial charge >= 0.3 is 0 Å². The van der Waals surface area contributed by atoms with E-state index in [1.54, 1.807) is 0 Å². The second kappa shape index (κ2) is 4.46. The van der Waals surface area contributed by atoms with Crippen LogP contribution in [-0.2, 0) is 10.0 Å². The van der Waals surface area contributed by atoms with E-state index in [4.69, 9.17) is 17.3 Å². The van der Waals surface area contributed by atoms with Crippen molar-refractivity contribution in [3.8, 4) is 0 Å². The van der Waals surface area contributed by atoms with E-state index >= 15 is 0 Å². The molecular weight excluding hydrogens is 283 g/mol. The summed E-state index contributed by atoms with van der Waals surface area (Å²) in [6.45, 7) is 0. The molecular formula is C9H8ClFN4O2S. The molecule has 0 atom stereocenters. The van der Waals surface area contributed by atoms with Crippen molar-refractivity contribution in [2.24, 2.45) is 0 Å². The Kier molecular flexibility index (Phi) is 3.14. The lowest BCUT2D eigenvalue weighted by Crippen LogP contribution is -2.14. The number of rotatable bonds is 3. The Balaban J connectivity index is 2.37. The third-order valence-electron chi connectivity index (χ3n) is 2.10. The predicted octanol–water partition coefficient (Wildman–Crippen LogP) is 1.59. The molecule has 1 aromatic carbocycles. The quantitative estimate of drug-likeness (QED) is 0.799. The van der Waals surface area contributed by atoms with Crippen LogP contribution in [0.2, 0.25) is 5.02 Å². The second-order valence-corrected chi connectivity index (χ2v) is 5.46. The van der Waals surface area contributed by atoms with Crippen LogP contribution in [0.5, 0.6) is 0 Å². The number of nitrogen functional groups attached to an aromatic ring is 1. The zero-order valence-corrected chi connectivity index (χ0v) is 10.4. The predicted molar refractivity (Wildman–Crippen MR) is 65.2 cm³/mol. The lowest BCUT2D eigenvalue weighted by atomic mass is 10.3. The lowest BCUT2D eigenvalue weighted by molar-refractivity contribution is 0.599. The fourth-order valence-electron chi connectivity index (χ4n) is 1.27. The molecule has 0 bridgehead atoms. The van der Waals surface area contributed by atoms with E-state index in [0.717, 1.165) is 12.3 Å². The van der Waals surface area contributed by atoms with Crippen LogP contribution in [0, 0.1) is 5.82 Å². The topological polar surface area (TPSA) is 101 Å². The first-order valence-corrected chi connectivity index (χ1v) is 6.53. The fraction of sp³-hybridized carbons (Fsp3) is 0. The van der Waals surface area contributed by atoms with Gasteiger partial charge in [0.15, 0.2) is 0 Å². The van der Waals surface area contributed by atoms with E-state index in [1.807, 2.05) is 0 Å². The molecule has 4 N–H and O–H groups in total. The zero-order valence-electron chi connectivity index (χ0n) is 8.81. The van der Waals surface area contributed by atoms with Gasteiger partial charge in [0.25, 0.3) is 10.0 Å². The maximum absolute atomic E-state index is 13.5. The monoisotopic (exact) mass is 290 g/mol. The van der Waals surface area contributed by atoms with Gasteiger partial charge < -0.3 is 5.73 Å². The number of hydrogen-bond acceptors (Lipinski definition) is 4. The number of nitrogens with one attached hydrogen (secondary N) is 2. The standard InChI is InChI=1S/C9H8ClFN4O2S/c10-5-1-2-7(6(11)3-5)15-18(16,17)8-4-13-14-9(8)12/h1-4,15H,(H3,12,13,14). The van der Waals surface area contributed by atoms with Gasteiger partial charge in [0.05, 0.1) is 11.9 Å². The van der Waals surface area contributed by atoms with Crippen molar-refractivity contribution in [2.75, 3.05) is 10.5 Å². The van der Waals surface area contributed by atoms with Crippen LogP contribution in [-0.4, -0.2) is 18.6 Å². The van der Waals surface area contributed by atoms with Crippen molar-refractivity contribution in [1.29, 1.82) is 0 Å². The SMILES string of the molecule is Nc1[nH]ncc1S(=O)(=O)Nc1ccc(Cl)cc1F. The molecule has 1 aromatic heterocycles. The maximum Gasteiger partial charge on any atom is 0.267 e. The Morgan fingerprint density at radius 1 is 1.44 bits per heavy atom. The minimum Gasteiger partial charge on any atom is -0.383 e. The molecule has 0 aliphatic rings. The lowest BCUT2D eigenvalue weighted by Gasteiger charge is -2.07. The summed E-state index contributed by atoms with van der Waals surface area (Å²) in [4.78, 5) is -0.253. The highest BCUT2D eigenvalue weighted by atomic mass is 35.5. The Bertz CT molecular complexity index is 686. The number of anilines is 2. The summed E-state index contributed by atoms with van der Waals surface area (Å²) in [5.41, 5.74) is 5.17. The van der Waals surface area contributed by atoms with Crippen molar-refractivity contribution < 1.29 is 12.8 Å². The summed E-state index contributed by atoms with van der Waals surface area (Å²) in [5, 5.41) is 5.93. The molecule has 0 amide bonds. The summed E-state index contributed by atoms with van der Waals surface area (Å²) in [7, 11) is -3.99. The molecule has 0 spiro atoms. The third kappa shape index (κ3) is 2.39. The molecule has 0 saturated carbocycles. The van der Waals surface area contributed by atoms with Crippen LogP contribution in [0.3, 0.4) is 0 Å². The smallest absolute Gasteiger partial charge is 0.267 e. The highest BCUT2D eigenvalue weighted by Crippen LogP contribution is 2.23. The fourth-order valence-corrected chi connectivity index (χ4v) is 2.52. The van der Waals surface area contributed by atoms with Crippen LogP contribution >= 0.6 is 11.6 Å². The van der Waals surface area contributed by atoms with E-state index in [2.05, 4.69) is 14.9 Å². The maximum atomic E-state index is 13.5. The second-order valence-electron chi connectivity index (χ2n) is 3.38. The van der Waals surface area contributed by atoms with Crippen LogP contribution in [0.4, 0.5) is 15.9 Å². The number of H-pyrrole nitrogens is 1. The Morgan fingerprint density at radius 2 is 2.17 bits per heavy atom. The number of sulfonamides is 1. The number of halogens is 2. The first-order chi connectivity index (χ1) is 8.40. The largest absolute Gasteiger partial charge is 0.383 e. The number of aromatic nitrogens is 2. The van der Waals surface area contributed by atoms with Gasteiger partial charge in [-0.25, -0.2) is 12.8 Å². The highest BCUT2D eigenvalue weighted by Gasteiger charge is 2.20. The highest BCUT2D eigenvalue weighted by molar-refractivity contribution is 7.92. The van der Waals surface area contributed by atoms with Crippen molar-refractivity contribution >= 4 is 33.1 Å². The summed E-state index contributed by atoms with van der Waals surface area (Å²) in [5.74, 6) is -0.912. The molecule has 0 unspecified atom stereocenters. The first kappa shape index (κ1) is 12.7. The molecule has 18 heavy (non-hydrogen) atoms. The molecule has 9 heteroatoms. The van der Waals surface area contributed by atoms with Gasteiger partial charge in [0.1, 0.15) is 16.5 Å². The number of benzene rings is 1. The summed E-state index contributed by atoms with van der Waals surface area (Å²) in [6.07, 6.45) is 1.03. The molecule has 2 rings (SSSR count). The Labute approximate surface area is 107 Å². The molecule has 0 saturated heterocycles. The van der Waals surface area contributed by atoms with Gasteiger partial charge in [0, 0.05) is 5.02 Å². The van der Waals surface area contributed by atoms with E-state index < -0.39 is 15.8 Å². The van der Waals surface area contributed by atoms with Crippen LogP contribution in [0.1, 0.15) is 0 Å². The van der Waals surface area contributed by atoms with Gasteiger partial charge in [0.2, 0.25) is 0 Å². The summed E-state index contributed by atoms with van der Waals surface area (Å²) >= 11 is 5.56. The van der Waals surface area contributed by atoms with Crippen molar-refractivity contribution in [3.05, 3.63) is 35.2 Å². The van der Waals surface area contributed by atoms with Gasteiger partial charge in [-0.15, -0.1) is 0 Å². The normalized spacial score (nSPS) is 11.4. The molecule has 0 aliphatic heterocycles. The summed E-state index contributed by atoms with van der Waals surface area (Å²) < 4.78 is 39.3. The van der Waals surface area contributed by atoms with E-state index in [0.29, 0.717) is 0 Å². The first-order valence-electron chi connectivity index (χ1n) is 4.67. The minimum absolute atomic E-state index is 0.128. The molecule has 1 heterocycles. The molecule has 6 nitrogen and oxygen atoms in total. The average Bonchev–Trinajstić information content (AvgIpc) is 2.69. The van der Waals surface area contributed by atoms with Crippen molar-refractivity contribution in [2.45, 2.75) is 4.90 Å². The average molecular weight is 291 g/mol. The molecule has 2 aromatic rings. The van der Waals surface area contributed by atoms with Crippen LogP contribution in [0.25, 0.3) is 0 Å². The number of nitrogens with two attached hydrogens (primary N) is 1. The van der Waals surface area contributed by atoms with Gasteiger partial charge in [-0.1, -0.05) is 11.6 Å². The molecule has 96 valence electrons. The number of aromatic amines is 1. The molecule has 0 fully saturated rings. The number of hydrogen-bond donors (Lipinski definition) is 3. The summed E-state index contributed by atoms with van der Waals surface area (Å²) in [6, 6.07) is 3.57. The van der Waals surface area contributed by atoms with Crippen LogP contribution < -0.4 is 10.5 Å². The Hall–Kier alpha value is -1.80. The van der Waals surface area contributed by atoms with Crippen LogP contribution in [0.15, 0.2) is 29.3 Å².